The second-order valence-corrected chi connectivity index (χ2v) is 6.41. The highest BCUT2D eigenvalue weighted by Crippen LogP contribution is 2.30. The third kappa shape index (κ3) is 2.78. The molecular weight excluding hydrogens is 196 g/mol. The van der Waals surface area contributed by atoms with Crippen molar-refractivity contribution >= 4 is 0 Å². The SMILES string of the molecule is CC(C)CC(C)N(C)C1CC2CCC(C1)N2. The highest BCUT2D eigenvalue weighted by atomic mass is 15.2. The van der Waals surface area contributed by atoms with Crippen molar-refractivity contribution in [3.63, 3.8) is 0 Å². The summed E-state index contributed by atoms with van der Waals surface area (Å²) in [5.74, 6) is 0.816. The lowest BCUT2D eigenvalue weighted by Gasteiger charge is -2.39. The van der Waals surface area contributed by atoms with E-state index in [0.717, 1.165) is 30.1 Å². The molecule has 2 aliphatic heterocycles. The Morgan fingerprint density at radius 1 is 1.12 bits per heavy atom. The van der Waals surface area contributed by atoms with Crippen LogP contribution in [0.25, 0.3) is 0 Å². The highest BCUT2D eigenvalue weighted by molar-refractivity contribution is 4.95. The molecule has 2 rings (SSSR count). The molecular formula is C14H28N2. The van der Waals surface area contributed by atoms with Gasteiger partial charge in [0.25, 0.3) is 0 Å². The Morgan fingerprint density at radius 3 is 2.19 bits per heavy atom. The fourth-order valence-electron chi connectivity index (χ4n) is 3.57. The van der Waals surface area contributed by atoms with Crippen LogP contribution in [0, 0.1) is 5.92 Å². The standard InChI is InChI=1S/C14H28N2/c1-10(2)7-11(3)16(4)14-8-12-5-6-13(9-14)15-12/h10-15H,5-9H2,1-4H3. The number of fused-ring (bicyclic) bond motifs is 2. The van der Waals surface area contributed by atoms with Gasteiger partial charge in [0.15, 0.2) is 0 Å². The van der Waals surface area contributed by atoms with E-state index >= 15 is 0 Å². The van der Waals surface area contributed by atoms with Gasteiger partial charge in [0.1, 0.15) is 0 Å². The maximum Gasteiger partial charge on any atom is 0.0125 e. The Bertz CT molecular complexity index is 215. The molecule has 2 saturated heterocycles. The van der Waals surface area contributed by atoms with Crippen LogP contribution >= 0.6 is 0 Å². The molecule has 0 aromatic rings. The van der Waals surface area contributed by atoms with Crippen molar-refractivity contribution in [2.24, 2.45) is 5.92 Å². The first-order valence-corrected chi connectivity index (χ1v) is 7.04. The lowest BCUT2D eigenvalue weighted by molar-refractivity contribution is 0.120. The number of nitrogens with one attached hydrogen (secondary N) is 1. The van der Waals surface area contributed by atoms with Gasteiger partial charge < -0.3 is 10.2 Å². The van der Waals surface area contributed by atoms with Gasteiger partial charge in [0, 0.05) is 24.2 Å². The van der Waals surface area contributed by atoms with Crippen LogP contribution in [-0.2, 0) is 0 Å². The van der Waals surface area contributed by atoms with E-state index in [1.807, 2.05) is 0 Å². The maximum absolute atomic E-state index is 3.73. The minimum absolute atomic E-state index is 0.738. The number of hydrogen-bond donors (Lipinski definition) is 1. The third-order valence-corrected chi connectivity index (χ3v) is 4.53. The average molecular weight is 224 g/mol. The third-order valence-electron chi connectivity index (χ3n) is 4.53. The van der Waals surface area contributed by atoms with Gasteiger partial charge in [0.05, 0.1) is 0 Å². The molecule has 16 heavy (non-hydrogen) atoms. The molecule has 0 spiro atoms. The van der Waals surface area contributed by atoms with Crippen LogP contribution in [0.15, 0.2) is 0 Å². The molecule has 2 heteroatoms. The topological polar surface area (TPSA) is 15.3 Å². The summed E-state index contributed by atoms with van der Waals surface area (Å²) < 4.78 is 0. The van der Waals surface area contributed by atoms with E-state index in [1.54, 1.807) is 0 Å². The van der Waals surface area contributed by atoms with E-state index < -0.39 is 0 Å². The summed E-state index contributed by atoms with van der Waals surface area (Å²) in [5, 5.41) is 3.73. The zero-order valence-electron chi connectivity index (χ0n) is 11.4. The largest absolute Gasteiger partial charge is 0.311 e. The summed E-state index contributed by atoms with van der Waals surface area (Å²) in [4.78, 5) is 2.64. The highest BCUT2D eigenvalue weighted by Gasteiger charge is 2.35. The van der Waals surface area contributed by atoms with Crippen molar-refractivity contribution in [2.75, 3.05) is 7.05 Å². The zero-order valence-corrected chi connectivity index (χ0v) is 11.4. The first-order valence-electron chi connectivity index (χ1n) is 7.04. The van der Waals surface area contributed by atoms with Gasteiger partial charge in [-0.05, 0) is 52.0 Å². The first-order chi connectivity index (χ1) is 7.56. The summed E-state index contributed by atoms with van der Waals surface area (Å²) >= 11 is 0. The van der Waals surface area contributed by atoms with Gasteiger partial charge in [-0.1, -0.05) is 13.8 Å². The van der Waals surface area contributed by atoms with Gasteiger partial charge in [-0.25, -0.2) is 0 Å². The van der Waals surface area contributed by atoms with Gasteiger partial charge >= 0.3 is 0 Å². The smallest absolute Gasteiger partial charge is 0.0125 e. The molecule has 1 N–H and O–H groups in total. The molecule has 3 atom stereocenters. The van der Waals surface area contributed by atoms with Crippen molar-refractivity contribution in [1.29, 1.82) is 0 Å². The fourth-order valence-corrected chi connectivity index (χ4v) is 3.57. The molecule has 2 heterocycles. The quantitative estimate of drug-likeness (QED) is 0.790. The summed E-state index contributed by atoms with van der Waals surface area (Å²) in [7, 11) is 2.34. The molecule has 0 aromatic carbocycles. The Morgan fingerprint density at radius 2 is 1.69 bits per heavy atom. The Hall–Kier alpha value is -0.0800. The molecule has 0 saturated carbocycles. The summed E-state index contributed by atoms with van der Waals surface area (Å²) in [6.07, 6.45) is 6.89. The van der Waals surface area contributed by atoms with Crippen LogP contribution < -0.4 is 5.32 Å². The molecule has 94 valence electrons. The van der Waals surface area contributed by atoms with E-state index in [-0.39, 0.29) is 0 Å². The zero-order chi connectivity index (χ0) is 11.7. The van der Waals surface area contributed by atoms with Crippen LogP contribution in [0.5, 0.6) is 0 Å². The lowest BCUT2D eigenvalue weighted by atomic mass is 9.95. The molecule has 3 unspecified atom stereocenters. The second-order valence-electron chi connectivity index (χ2n) is 6.41. The van der Waals surface area contributed by atoms with Crippen LogP contribution in [0.1, 0.15) is 52.9 Å². The molecule has 0 aromatic heterocycles. The Balaban J connectivity index is 1.87. The van der Waals surface area contributed by atoms with Crippen LogP contribution in [0.4, 0.5) is 0 Å². The Kier molecular flexibility index (Phi) is 3.91. The van der Waals surface area contributed by atoms with Crippen LogP contribution in [-0.4, -0.2) is 36.1 Å². The lowest BCUT2D eigenvalue weighted by Crippen LogP contribution is -2.49. The molecule has 0 aliphatic carbocycles. The predicted molar refractivity (Wildman–Crippen MR) is 69.6 cm³/mol. The summed E-state index contributed by atoms with van der Waals surface area (Å²) in [5.41, 5.74) is 0. The van der Waals surface area contributed by atoms with Crippen LogP contribution in [0.2, 0.25) is 0 Å². The van der Waals surface area contributed by atoms with Gasteiger partial charge in [0.2, 0.25) is 0 Å². The van der Waals surface area contributed by atoms with Crippen LogP contribution in [0.3, 0.4) is 0 Å². The predicted octanol–water partition coefficient (Wildman–Crippen LogP) is 2.64. The summed E-state index contributed by atoms with van der Waals surface area (Å²) in [6, 6.07) is 3.20. The minimum Gasteiger partial charge on any atom is -0.311 e. The molecule has 0 amide bonds. The van der Waals surface area contributed by atoms with Crippen molar-refractivity contribution < 1.29 is 0 Å². The van der Waals surface area contributed by atoms with E-state index in [1.165, 1.54) is 32.1 Å². The fraction of sp³-hybridized carbons (Fsp3) is 1.00. The maximum atomic E-state index is 3.73. The van der Waals surface area contributed by atoms with Gasteiger partial charge in [-0.2, -0.15) is 0 Å². The van der Waals surface area contributed by atoms with E-state index in [2.05, 4.69) is 38.0 Å². The Labute approximate surface area is 101 Å². The van der Waals surface area contributed by atoms with E-state index in [0.29, 0.717) is 0 Å². The van der Waals surface area contributed by atoms with Crippen molar-refractivity contribution in [1.82, 2.24) is 10.2 Å². The number of rotatable bonds is 4. The van der Waals surface area contributed by atoms with Gasteiger partial charge in [-0.15, -0.1) is 0 Å². The average Bonchev–Trinajstić information content (AvgIpc) is 2.55. The second kappa shape index (κ2) is 5.05. The van der Waals surface area contributed by atoms with Crippen molar-refractivity contribution in [2.45, 2.75) is 77.0 Å². The monoisotopic (exact) mass is 224 g/mol. The summed E-state index contributed by atoms with van der Waals surface area (Å²) in [6.45, 7) is 7.05. The van der Waals surface area contributed by atoms with Crippen molar-refractivity contribution in [3.8, 4) is 0 Å². The molecule has 0 radical (unpaired) electrons. The molecule has 2 fully saturated rings. The molecule has 2 bridgehead atoms. The van der Waals surface area contributed by atoms with Crippen molar-refractivity contribution in [3.05, 3.63) is 0 Å². The normalized spacial score (nSPS) is 36.0. The number of piperidine rings is 1. The minimum atomic E-state index is 0.738. The molecule has 2 nitrogen and oxygen atoms in total. The van der Waals surface area contributed by atoms with E-state index in [4.69, 9.17) is 0 Å². The number of hydrogen-bond acceptors (Lipinski definition) is 2. The number of nitrogens with zero attached hydrogens (tertiary/aromatic N) is 1. The van der Waals surface area contributed by atoms with E-state index in [9.17, 15) is 0 Å². The molecule has 2 aliphatic rings. The first kappa shape index (κ1) is 12.4. The van der Waals surface area contributed by atoms with Gasteiger partial charge in [-0.3, -0.25) is 0 Å².